The number of fused-ring (bicyclic) bond motifs is 2. The Morgan fingerprint density at radius 2 is 1.45 bits per heavy atom. The van der Waals surface area contributed by atoms with E-state index in [0.29, 0.717) is 11.0 Å². The van der Waals surface area contributed by atoms with E-state index in [9.17, 15) is 0 Å². The maximum Gasteiger partial charge on any atom is 0.191 e. The number of anilines is 1. The Kier molecular flexibility index (Phi) is 5.54. The second-order valence-corrected chi connectivity index (χ2v) is 7.74. The Hall–Kier alpha value is -3.24. The molecule has 29 heavy (non-hydrogen) atoms. The Bertz CT molecular complexity index is 1140. The van der Waals surface area contributed by atoms with Gasteiger partial charge in [0.1, 0.15) is 0 Å². The molecule has 4 aromatic rings. The van der Waals surface area contributed by atoms with E-state index in [1.807, 2.05) is 18.3 Å². The lowest BCUT2D eigenvalue weighted by atomic mass is 9.97. The molecule has 144 valence electrons. The first kappa shape index (κ1) is 19.1. The number of benzene rings is 4. The molecule has 0 heterocycles. The lowest BCUT2D eigenvalue weighted by Gasteiger charge is -2.10. The molecule has 0 bridgehead atoms. The molecule has 4 heteroatoms. The van der Waals surface area contributed by atoms with Gasteiger partial charge in [0.05, 0.1) is 6.21 Å². The van der Waals surface area contributed by atoms with Gasteiger partial charge in [0.25, 0.3) is 0 Å². The van der Waals surface area contributed by atoms with Crippen molar-refractivity contribution in [3.05, 3.63) is 90.0 Å². The van der Waals surface area contributed by atoms with Gasteiger partial charge in [0, 0.05) is 11.3 Å². The highest BCUT2D eigenvalue weighted by atomic mass is 32.1. The second kappa shape index (κ2) is 8.41. The molecule has 0 aliphatic carbocycles. The van der Waals surface area contributed by atoms with E-state index in [-0.39, 0.29) is 0 Å². The molecule has 0 amide bonds. The minimum absolute atomic E-state index is 0.461. The molecule has 0 unspecified atom stereocenters. The molecule has 4 rings (SSSR count). The maximum atomic E-state index is 5.39. The van der Waals surface area contributed by atoms with Gasteiger partial charge in [-0.15, -0.1) is 0 Å². The zero-order valence-corrected chi connectivity index (χ0v) is 17.3. The van der Waals surface area contributed by atoms with Crippen LogP contribution in [0.1, 0.15) is 30.9 Å². The van der Waals surface area contributed by atoms with Gasteiger partial charge in [-0.3, -0.25) is 5.43 Å². The fourth-order valence-electron chi connectivity index (χ4n) is 3.45. The van der Waals surface area contributed by atoms with Gasteiger partial charge in [-0.05, 0) is 63.4 Å². The molecule has 0 fully saturated rings. The second-order valence-electron chi connectivity index (χ2n) is 7.33. The Labute approximate surface area is 176 Å². The third kappa shape index (κ3) is 4.28. The molecule has 0 saturated heterocycles. The van der Waals surface area contributed by atoms with Crippen LogP contribution in [0.4, 0.5) is 5.69 Å². The lowest BCUT2D eigenvalue weighted by molar-refractivity contribution is 0.867. The summed E-state index contributed by atoms with van der Waals surface area (Å²) in [6.07, 6.45) is 1.85. The normalized spacial score (nSPS) is 11.4. The van der Waals surface area contributed by atoms with Gasteiger partial charge in [-0.2, -0.15) is 5.10 Å². The minimum atomic E-state index is 0.461. The highest BCUT2D eigenvalue weighted by molar-refractivity contribution is 7.80. The van der Waals surface area contributed by atoms with Crippen LogP contribution in [0.5, 0.6) is 0 Å². The molecule has 0 spiro atoms. The van der Waals surface area contributed by atoms with Crippen molar-refractivity contribution in [2.45, 2.75) is 19.8 Å². The third-order valence-corrected chi connectivity index (χ3v) is 5.20. The molecule has 4 aromatic carbocycles. The van der Waals surface area contributed by atoms with Crippen molar-refractivity contribution in [1.82, 2.24) is 5.43 Å². The first-order chi connectivity index (χ1) is 14.1. The van der Waals surface area contributed by atoms with Crippen LogP contribution in [0.25, 0.3) is 21.5 Å². The molecule has 0 aliphatic rings. The zero-order chi connectivity index (χ0) is 20.2. The van der Waals surface area contributed by atoms with Gasteiger partial charge >= 0.3 is 0 Å². The van der Waals surface area contributed by atoms with Crippen LogP contribution in [0.2, 0.25) is 0 Å². The van der Waals surface area contributed by atoms with Gasteiger partial charge in [-0.1, -0.05) is 74.5 Å². The summed E-state index contributed by atoms with van der Waals surface area (Å²) in [5, 5.41) is 12.8. The van der Waals surface area contributed by atoms with E-state index in [0.717, 1.165) is 11.3 Å². The van der Waals surface area contributed by atoms with Crippen LogP contribution < -0.4 is 10.7 Å². The Morgan fingerprint density at radius 3 is 2.03 bits per heavy atom. The summed E-state index contributed by atoms with van der Waals surface area (Å²) >= 11 is 5.39. The Balaban J connectivity index is 1.54. The van der Waals surface area contributed by atoms with Crippen LogP contribution in [0.3, 0.4) is 0 Å². The predicted octanol–water partition coefficient (Wildman–Crippen LogP) is 6.44. The number of nitrogens with zero attached hydrogens (tertiary/aromatic N) is 1. The highest BCUT2D eigenvalue weighted by Gasteiger charge is 2.05. The van der Waals surface area contributed by atoms with Gasteiger partial charge in [0.15, 0.2) is 5.11 Å². The van der Waals surface area contributed by atoms with Crippen molar-refractivity contribution >= 4 is 50.8 Å². The van der Waals surface area contributed by atoms with Crippen molar-refractivity contribution in [3.8, 4) is 0 Å². The van der Waals surface area contributed by atoms with Crippen LogP contribution >= 0.6 is 12.2 Å². The molecule has 0 saturated carbocycles. The topological polar surface area (TPSA) is 36.4 Å². The van der Waals surface area contributed by atoms with Gasteiger partial charge in [0.2, 0.25) is 0 Å². The zero-order valence-electron chi connectivity index (χ0n) is 16.5. The summed E-state index contributed by atoms with van der Waals surface area (Å²) in [4.78, 5) is 0. The van der Waals surface area contributed by atoms with E-state index < -0.39 is 0 Å². The number of hydrazone groups is 1. The summed E-state index contributed by atoms with van der Waals surface area (Å²) in [7, 11) is 0. The van der Waals surface area contributed by atoms with Crippen molar-refractivity contribution in [3.63, 3.8) is 0 Å². The molecule has 0 aromatic heterocycles. The van der Waals surface area contributed by atoms with Crippen molar-refractivity contribution in [2.75, 3.05) is 5.32 Å². The largest absolute Gasteiger partial charge is 0.331 e. The molecule has 2 N–H and O–H groups in total. The van der Waals surface area contributed by atoms with Crippen LogP contribution in [0.15, 0.2) is 84.0 Å². The quantitative estimate of drug-likeness (QED) is 0.180. The monoisotopic (exact) mass is 397 g/mol. The maximum absolute atomic E-state index is 5.39. The molecule has 0 atom stereocenters. The number of hydrogen-bond acceptors (Lipinski definition) is 2. The average Bonchev–Trinajstić information content (AvgIpc) is 2.73. The third-order valence-electron chi connectivity index (χ3n) is 5.01. The number of nitrogens with one attached hydrogen (secondary N) is 2. The smallest absolute Gasteiger partial charge is 0.191 e. The number of hydrogen-bond donors (Lipinski definition) is 2. The lowest BCUT2D eigenvalue weighted by Crippen LogP contribution is -2.23. The summed E-state index contributed by atoms with van der Waals surface area (Å²) in [6, 6.07) is 27.2. The van der Waals surface area contributed by atoms with Crippen LogP contribution in [-0.4, -0.2) is 11.3 Å². The first-order valence-electron chi connectivity index (χ1n) is 9.72. The molecule has 0 aliphatic heterocycles. The van der Waals surface area contributed by atoms with E-state index in [1.165, 1.54) is 27.1 Å². The fraction of sp³-hybridized carbons (Fsp3) is 0.120. The van der Waals surface area contributed by atoms with Gasteiger partial charge in [-0.25, -0.2) is 0 Å². The van der Waals surface area contributed by atoms with Crippen LogP contribution in [0, 0.1) is 0 Å². The molecular formula is C25H23N3S. The van der Waals surface area contributed by atoms with Gasteiger partial charge < -0.3 is 5.32 Å². The summed E-state index contributed by atoms with van der Waals surface area (Å²) in [5.74, 6) is 0.509. The Morgan fingerprint density at radius 1 is 0.862 bits per heavy atom. The van der Waals surface area contributed by atoms with Crippen molar-refractivity contribution in [2.24, 2.45) is 5.10 Å². The highest BCUT2D eigenvalue weighted by Crippen LogP contribution is 2.27. The van der Waals surface area contributed by atoms with E-state index >= 15 is 0 Å². The minimum Gasteiger partial charge on any atom is -0.331 e. The van der Waals surface area contributed by atoms with Crippen molar-refractivity contribution < 1.29 is 0 Å². The number of rotatable bonds is 4. The standard InChI is InChI=1S/C25H23N3S/c1-17(2)18-11-13-21(14-12-18)27-25(29)28-26-16-24-22-9-5-3-7-19(22)15-20-8-4-6-10-23(20)24/h3-17H,1-2H3,(H2,27,28,29)/b26-16-. The van der Waals surface area contributed by atoms with E-state index in [4.69, 9.17) is 12.2 Å². The molecular weight excluding hydrogens is 374 g/mol. The fourth-order valence-corrected chi connectivity index (χ4v) is 3.62. The summed E-state index contributed by atoms with van der Waals surface area (Å²) in [6.45, 7) is 4.36. The van der Waals surface area contributed by atoms with Crippen LogP contribution in [-0.2, 0) is 0 Å². The molecule has 0 radical (unpaired) electrons. The van der Waals surface area contributed by atoms with Crippen molar-refractivity contribution in [1.29, 1.82) is 0 Å². The predicted molar refractivity (Wildman–Crippen MR) is 129 cm³/mol. The van der Waals surface area contributed by atoms with E-state index in [2.05, 4.69) is 96.4 Å². The summed E-state index contributed by atoms with van der Waals surface area (Å²) in [5.41, 5.74) is 6.26. The average molecular weight is 398 g/mol. The van der Waals surface area contributed by atoms with E-state index in [1.54, 1.807) is 0 Å². The number of thiocarbonyl (C=S) groups is 1. The summed E-state index contributed by atoms with van der Waals surface area (Å²) < 4.78 is 0. The SMILES string of the molecule is CC(C)c1ccc(NC(=S)N/N=C\c2c3ccccc3cc3ccccc23)cc1. The first-order valence-corrected chi connectivity index (χ1v) is 10.1. The molecule has 3 nitrogen and oxygen atoms in total.